The average Bonchev–Trinajstić information content (AvgIpc) is 3.56. The third-order valence-electron chi connectivity index (χ3n) is 6.31. The van der Waals surface area contributed by atoms with Crippen molar-refractivity contribution in [1.82, 2.24) is 19.5 Å². The van der Waals surface area contributed by atoms with E-state index in [9.17, 15) is 13.6 Å². The molecule has 0 spiro atoms. The molecule has 0 aliphatic carbocycles. The van der Waals surface area contributed by atoms with Crippen molar-refractivity contribution in [2.24, 2.45) is 0 Å². The van der Waals surface area contributed by atoms with E-state index < -0.39 is 23.1 Å². The van der Waals surface area contributed by atoms with Crippen molar-refractivity contribution >= 4 is 17.4 Å². The number of carbonyl (C=O) groups excluding carboxylic acids is 1. The molecule has 7 nitrogen and oxygen atoms in total. The maximum Gasteiger partial charge on any atom is 0.260 e. The molecule has 2 aliphatic heterocycles. The molecule has 4 heterocycles. The number of anilines is 1. The Hall–Kier alpha value is -3.54. The van der Waals surface area contributed by atoms with Gasteiger partial charge in [0.05, 0.1) is 11.7 Å². The highest BCUT2D eigenvalue weighted by Crippen LogP contribution is 2.33. The van der Waals surface area contributed by atoms with Gasteiger partial charge in [0.1, 0.15) is 23.0 Å². The number of likely N-dealkylation sites (tertiary alicyclic amines) is 1. The van der Waals surface area contributed by atoms with Crippen LogP contribution in [0.1, 0.15) is 73.6 Å². The van der Waals surface area contributed by atoms with E-state index in [2.05, 4.69) is 11.5 Å². The number of piperidine rings is 1. The minimum atomic E-state index is -0.836. The number of amides is 1. The van der Waals surface area contributed by atoms with Gasteiger partial charge in [0.15, 0.2) is 5.65 Å². The fourth-order valence-electron chi connectivity index (χ4n) is 4.76. The molecule has 5 rings (SSSR count). The summed E-state index contributed by atoms with van der Waals surface area (Å²) in [5, 5.41) is 11.2. The zero-order chi connectivity index (χ0) is 25.5. The van der Waals surface area contributed by atoms with Crippen LogP contribution in [-0.2, 0) is 0 Å². The monoisotopic (exact) mass is 482 g/mol. The highest BCUT2D eigenvalue weighted by atomic mass is 19.1. The maximum atomic E-state index is 14.3. The van der Waals surface area contributed by atoms with Gasteiger partial charge >= 0.3 is 0 Å². The Bertz CT molecular complexity index is 1170. The van der Waals surface area contributed by atoms with Crippen LogP contribution in [0.4, 0.5) is 14.6 Å². The van der Waals surface area contributed by atoms with Crippen LogP contribution in [0.2, 0.25) is 0 Å². The molecule has 0 N–H and O–H groups in total. The van der Waals surface area contributed by atoms with E-state index in [1.165, 1.54) is 18.9 Å². The molecule has 2 saturated heterocycles. The number of benzene rings is 1. The van der Waals surface area contributed by atoms with Gasteiger partial charge in [-0.3, -0.25) is 4.79 Å². The van der Waals surface area contributed by atoms with Crippen molar-refractivity contribution < 1.29 is 13.6 Å². The summed E-state index contributed by atoms with van der Waals surface area (Å²) in [6.45, 7) is 12.0. The Morgan fingerprint density at radius 1 is 1.06 bits per heavy atom. The number of fused-ring (bicyclic) bond motifs is 1. The average molecular weight is 483 g/mol. The Kier molecular flexibility index (Phi) is 8.74. The molecule has 0 radical (unpaired) electrons. The standard InChI is InChI=1S/C23H25F2N5O.C2H6.CHN/c1-15-14-30-20(26-22(15)28-10-4-5-11-28)13-18(27-30)19-9-2-3-12-29(19)23(31)21-16(24)7-6-8-17(21)25;2*1-2/h6-8,13-14,19H,2-5,9-12H2,1H3;1-2H3;1H. The fraction of sp³-hybridized carbons (Fsp3) is 0.462. The SMILES string of the molecule is C#N.CC.Cc1cn2nc(C3CCCCN3C(=O)c3c(F)cccc3F)cc2nc1N1CCCC1. The zero-order valence-corrected chi connectivity index (χ0v) is 20.5. The van der Waals surface area contributed by atoms with Crippen LogP contribution in [0.5, 0.6) is 0 Å². The quantitative estimate of drug-likeness (QED) is 0.496. The highest BCUT2D eigenvalue weighted by molar-refractivity contribution is 5.95. The highest BCUT2D eigenvalue weighted by Gasteiger charge is 2.33. The number of aromatic nitrogens is 3. The van der Waals surface area contributed by atoms with Crippen LogP contribution < -0.4 is 4.90 Å². The van der Waals surface area contributed by atoms with E-state index >= 15 is 0 Å². The first kappa shape index (κ1) is 26.1. The van der Waals surface area contributed by atoms with Gasteiger partial charge in [-0.15, -0.1) is 0 Å². The molecule has 1 unspecified atom stereocenters. The first-order valence-corrected chi connectivity index (χ1v) is 12.2. The van der Waals surface area contributed by atoms with Crippen molar-refractivity contribution in [1.29, 1.82) is 5.26 Å². The van der Waals surface area contributed by atoms with E-state index in [0.717, 1.165) is 55.1 Å². The summed E-state index contributed by atoms with van der Waals surface area (Å²) < 4.78 is 30.3. The van der Waals surface area contributed by atoms with Crippen molar-refractivity contribution in [2.45, 2.75) is 58.9 Å². The second-order valence-electron chi connectivity index (χ2n) is 8.42. The lowest BCUT2D eigenvalue weighted by Crippen LogP contribution is -2.39. The van der Waals surface area contributed by atoms with Crippen molar-refractivity contribution in [2.75, 3.05) is 24.5 Å². The number of hydrogen-bond donors (Lipinski definition) is 0. The Labute approximate surface area is 205 Å². The second-order valence-corrected chi connectivity index (χ2v) is 8.42. The van der Waals surface area contributed by atoms with E-state index in [0.29, 0.717) is 18.7 Å². The number of rotatable bonds is 3. The number of nitriles is 1. The predicted molar refractivity (Wildman–Crippen MR) is 131 cm³/mol. The largest absolute Gasteiger partial charge is 0.356 e. The van der Waals surface area contributed by atoms with E-state index in [1.54, 1.807) is 9.42 Å². The summed E-state index contributed by atoms with van der Waals surface area (Å²) in [6.07, 6.45) is 6.72. The lowest BCUT2D eigenvalue weighted by molar-refractivity contribution is 0.0595. The van der Waals surface area contributed by atoms with Gasteiger partial charge in [-0.1, -0.05) is 19.9 Å². The van der Waals surface area contributed by atoms with Crippen LogP contribution in [0.25, 0.3) is 5.65 Å². The second kappa shape index (κ2) is 11.7. The first-order valence-electron chi connectivity index (χ1n) is 12.2. The molecule has 2 fully saturated rings. The topological polar surface area (TPSA) is 77.5 Å². The summed E-state index contributed by atoms with van der Waals surface area (Å²) >= 11 is 0. The Morgan fingerprint density at radius 3 is 2.34 bits per heavy atom. The molecular formula is C26H32F2N6O. The zero-order valence-electron chi connectivity index (χ0n) is 20.5. The van der Waals surface area contributed by atoms with E-state index in [-0.39, 0.29) is 6.04 Å². The van der Waals surface area contributed by atoms with Crippen molar-refractivity contribution in [3.05, 3.63) is 58.9 Å². The first-order chi connectivity index (χ1) is 17.0. The molecule has 0 saturated carbocycles. The van der Waals surface area contributed by atoms with Gasteiger partial charge in [0, 0.05) is 44.0 Å². The van der Waals surface area contributed by atoms with Gasteiger partial charge < -0.3 is 9.80 Å². The number of carbonyl (C=O) groups is 1. The number of aryl methyl sites for hydroxylation is 1. The minimum absolute atomic E-state index is 0.336. The number of hydrogen-bond acceptors (Lipinski definition) is 5. The maximum absolute atomic E-state index is 14.3. The van der Waals surface area contributed by atoms with Crippen LogP contribution in [-0.4, -0.2) is 45.0 Å². The molecule has 35 heavy (non-hydrogen) atoms. The molecule has 3 aromatic rings. The third kappa shape index (κ3) is 5.26. The third-order valence-corrected chi connectivity index (χ3v) is 6.31. The van der Waals surface area contributed by atoms with Crippen molar-refractivity contribution in [3.63, 3.8) is 0 Å². The lowest BCUT2D eigenvalue weighted by Gasteiger charge is -2.34. The molecule has 2 aliphatic rings. The molecule has 9 heteroatoms. The molecule has 1 atom stereocenters. The van der Waals surface area contributed by atoms with Crippen molar-refractivity contribution in [3.8, 4) is 6.57 Å². The van der Waals surface area contributed by atoms with Crippen LogP contribution in [0, 0.1) is 30.4 Å². The van der Waals surface area contributed by atoms with Crippen LogP contribution >= 0.6 is 0 Å². The lowest BCUT2D eigenvalue weighted by atomic mass is 9.98. The fourth-order valence-corrected chi connectivity index (χ4v) is 4.76. The van der Waals surface area contributed by atoms with Gasteiger partial charge in [0.2, 0.25) is 0 Å². The molecular weight excluding hydrogens is 450 g/mol. The van der Waals surface area contributed by atoms with Gasteiger partial charge in [-0.25, -0.2) is 23.5 Å². The molecule has 0 bridgehead atoms. The van der Waals surface area contributed by atoms with Gasteiger partial charge in [-0.05, 0) is 51.2 Å². The number of halogens is 2. The Morgan fingerprint density at radius 2 is 1.69 bits per heavy atom. The van der Waals surface area contributed by atoms with Crippen LogP contribution in [0.3, 0.4) is 0 Å². The van der Waals surface area contributed by atoms with Gasteiger partial charge in [0.25, 0.3) is 5.91 Å². The summed E-state index contributed by atoms with van der Waals surface area (Å²) in [4.78, 5) is 21.8. The van der Waals surface area contributed by atoms with Crippen LogP contribution in [0.15, 0.2) is 30.5 Å². The summed E-state index contributed by atoms with van der Waals surface area (Å²) in [5.41, 5.74) is 1.98. The van der Waals surface area contributed by atoms with E-state index in [1.807, 2.05) is 33.0 Å². The molecule has 1 aromatic carbocycles. The van der Waals surface area contributed by atoms with Gasteiger partial charge in [-0.2, -0.15) is 5.10 Å². The predicted octanol–water partition coefficient (Wildman–Crippen LogP) is 5.45. The summed E-state index contributed by atoms with van der Waals surface area (Å²) in [7, 11) is 0. The smallest absolute Gasteiger partial charge is 0.260 e. The molecule has 2 aromatic heterocycles. The Balaban J connectivity index is 0.000000815. The number of nitrogens with zero attached hydrogens (tertiary/aromatic N) is 6. The molecule has 1 amide bonds. The van der Waals surface area contributed by atoms with E-state index in [4.69, 9.17) is 15.3 Å². The summed E-state index contributed by atoms with van der Waals surface area (Å²) in [5.74, 6) is -1.32. The minimum Gasteiger partial charge on any atom is -0.356 e. The summed E-state index contributed by atoms with van der Waals surface area (Å²) in [6, 6.07) is 5.06. The normalized spacial score (nSPS) is 17.4. The molecule has 186 valence electrons.